The van der Waals surface area contributed by atoms with Crippen molar-refractivity contribution >= 4 is 16.7 Å². The molecule has 2 rings (SSSR count). The maximum absolute atomic E-state index is 11.1. The second kappa shape index (κ2) is 3.23. The third-order valence-electron chi connectivity index (χ3n) is 2.24. The molecule has 2 heterocycles. The number of H-pyrrole nitrogens is 1. The molecule has 4 nitrogen and oxygen atoms in total. The molecule has 0 aliphatic rings. The predicted octanol–water partition coefficient (Wildman–Crippen LogP) is 1.15. The van der Waals surface area contributed by atoms with Crippen LogP contribution in [0.1, 0.15) is 18.7 Å². The van der Waals surface area contributed by atoms with E-state index in [0.717, 1.165) is 10.9 Å². The van der Waals surface area contributed by atoms with Crippen LogP contribution < -0.4 is 5.73 Å². The summed E-state index contributed by atoms with van der Waals surface area (Å²) in [6.45, 7) is 1.47. The van der Waals surface area contributed by atoms with Crippen LogP contribution in [0.25, 0.3) is 10.9 Å². The van der Waals surface area contributed by atoms with Crippen molar-refractivity contribution in [2.75, 3.05) is 0 Å². The molecular weight excluding hydrogens is 178 g/mol. The molecule has 0 unspecified atom stereocenters. The van der Waals surface area contributed by atoms with Gasteiger partial charge in [0, 0.05) is 23.3 Å². The Morgan fingerprint density at radius 2 is 2.36 bits per heavy atom. The van der Waals surface area contributed by atoms with Crippen LogP contribution in [-0.4, -0.2) is 15.8 Å². The SMILES string of the molecule is CC(=O)[C@H](N)c1nccc2[nH]ccc12. The molecule has 0 aliphatic carbocycles. The number of carbonyl (C=O) groups is 1. The number of hydrogen-bond donors (Lipinski definition) is 2. The number of fused-ring (bicyclic) bond motifs is 1. The molecule has 72 valence electrons. The second-order valence-corrected chi connectivity index (χ2v) is 3.22. The molecule has 4 heteroatoms. The van der Waals surface area contributed by atoms with Gasteiger partial charge in [0.05, 0.1) is 5.69 Å². The molecule has 0 amide bonds. The molecule has 1 atom stereocenters. The van der Waals surface area contributed by atoms with Crippen molar-refractivity contribution in [1.82, 2.24) is 9.97 Å². The van der Waals surface area contributed by atoms with E-state index < -0.39 is 6.04 Å². The number of nitrogens with two attached hydrogens (primary N) is 1. The monoisotopic (exact) mass is 189 g/mol. The minimum absolute atomic E-state index is 0.0776. The third kappa shape index (κ3) is 1.29. The minimum atomic E-state index is -0.630. The summed E-state index contributed by atoms with van der Waals surface area (Å²) >= 11 is 0. The first-order valence-corrected chi connectivity index (χ1v) is 4.38. The number of nitrogens with one attached hydrogen (secondary N) is 1. The average molecular weight is 189 g/mol. The lowest BCUT2D eigenvalue weighted by molar-refractivity contribution is -0.118. The Hall–Kier alpha value is -1.68. The first-order chi connectivity index (χ1) is 6.70. The Bertz CT molecular complexity index is 475. The van der Waals surface area contributed by atoms with Crippen molar-refractivity contribution in [3.05, 3.63) is 30.2 Å². The molecule has 14 heavy (non-hydrogen) atoms. The van der Waals surface area contributed by atoms with E-state index in [1.165, 1.54) is 6.92 Å². The maximum Gasteiger partial charge on any atom is 0.152 e. The number of hydrogen-bond acceptors (Lipinski definition) is 3. The molecule has 0 saturated carbocycles. The molecule has 0 aromatic carbocycles. The van der Waals surface area contributed by atoms with Gasteiger partial charge in [-0.2, -0.15) is 0 Å². The van der Waals surface area contributed by atoms with E-state index in [1.54, 1.807) is 6.20 Å². The van der Waals surface area contributed by atoms with Gasteiger partial charge in [0.15, 0.2) is 5.78 Å². The minimum Gasteiger partial charge on any atom is -0.361 e. The number of carbonyl (C=O) groups excluding carboxylic acids is 1. The van der Waals surface area contributed by atoms with E-state index in [4.69, 9.17) is 5.73 Å². The zero-order valence-electron chi connectivity index (χ0n) is 7.82. The van der Waals surface area contributed by atoms with E-state index in [9.17, 15) is 4.79 Å². The highest BCUT2D eigenvalue weighted by Gasteiger charge is 2.15. The van der Waals surface area contributed by atoms with E-state index in [1.807, 2.05) is 18.3 Å². The van der Waals surface area contributed by atoms with Crippen molar-refractivity contribution < 1.29 is 4.79 Å². The number of rotatable bonds is 2. The predicted molar refractivity (Wildman–Crippen MR) is 53.7 cm³/mol. The smallest absolute Gasteiger partial charge is 0.152 e. The van der Waals surface area contributed by atoms with E-state index in [-0.39, 0.29) is 5.78 Å². The lowest BCUT2D eigenvalue weighted by Crippen LogP contribution is -2.19. The van der Waals surface area contributed by atoms with Gasteiger partial charge in [-0.05, 0) is 19.1 Å². The Morgan fingerprint density at radius 3 is 3.07 bits per heavy atom. The molecule has 3 N–H and O–H groups in total. The van der Waals surface area contributed by atoms with Crippen molar-refractivity contribution in [2.45, 2.75) is 13.0 Å². The average Bonchev–Trinajstić information content (AvgIpc) is 2.63. The summed E-state index contributed by atoms with van der Waals surface area (Å²) in [5.41, 5.74) is 7.32. The number of ketones is 1. The molecule has 0 fully saturated rings. The van der Waals surface area contributed by atoms with Crippen LogP contribution in [0.3, 0.4) is 0 Å². The first-order valence-electron chi connectivity index (χ1n) is 4.38. The normalized spacial score (nSPS) is 13.0. The van der Waals surface area contributed by atoms with Gasteiger partial charge in [0.2, 0.25) is 0 Å². The van der Waals surface area contributed by atoms with Crippen LogP contribution in [-0.2, 0) is 4.79 Å². The molecule has 0 aliphatic heterocycles. The van der Waals surface area contributed by atoms with Crippen LogP contribution in [0, 0.1) is 0 Å². The number of pyridine rings is 1. The highest BCUT2D eigenvalue weighted by molar-refractivity contribution is 5.89. The summed E-state index contributed by atoms with van der Waals surface area (Å²) in [7, 11) is 0. The van der Waals surface area contributed by atoms with Gasteiger partial charge in [0.1, 0.15) is 6.04 Å². The number of aromatic nitrogens is 2. The van der Waals surface area contributed by atoms with E-state index in [0.29, 0.717) is 5.69 Å². The van der Waals surface area contributed by atoms with Gasteiger partial charge in [-0.3, -0.25) is 9.78 Å². The molecular formula is C10H11N3O. The van der Waals surface area contributed by atoms with Crippen LogP contribution in [0.5, 0.6) is 0 Å². The fourth-order valence-corrected chi connectivity index (χ4v) is 1.45. The zero-order valence-corrected chi connectivity index (χ0v) is 7.82. The molecule has 0 bridgehead atoms. The maximum atomic E-state index is 11.1. The van der Waals surface area contributed by atoms with Crippen LogP contribution in [0.2, 0.25) is 0 Å². The highest BCUT2D eigenvalue weighted by Crippen LogP contribution is 2.20. The molecule has 2 aromatic rings. The standard InChI is InChI=1S/C10H11N3O/c1-6(14)9(11)10-7-2-4-12-8(7)3-5-13-10/h2-5,9,12H,11H2,1H3/t9-/m0/s1. The van der Waals surface area contributed by atoms with Crippen molar-refractivity contribution in [1.29, 1.82) is 0 Å². The topological polar surface area (TPSA) is 71.8 Å². The largest absolute Gasteiger partial charge is 0.361 e. The summed E-state index contributed by atoms with van der Waals surface area (Å²) in [6.07, 6.45) is 3.46. The third-order valence-corrected chi connectivity index (χ3v) is 2.24. The van der Waals surface area contributed by atoms with Gasteiger partial charge in [-0.25, -0.2) is 0 Å². The van der Waals surface area contributed by atoms with Crippen molar-refractivity contribution in [3.63, 3.8) is 0 Å². The van der Waals surface area contributed by atoms with Gasteiger partial charge < -0.3 is 10.7 Å². The summed E-state index contributed by atoms with van der Waals surface area (Å²) < 4.78 is 0. The molecule has 0 radical (unpaired) electrons. The van der Waals surface area contributed by atoms with E-state index in [2.05, 4.69) is 9.97 Å². The van der Waals surface area contributed by atoms with Crippen LogP contribution in [0.4, 0.5) is 0 Å². The van der Waals surface area contributed by atoms with E-state index >= 15 is 0 Å². The quantitative estimate of drug-likeness (QED) is 0.744. The van der Waals surface area contributed by atoms with Crippen LogP contribution in [0.15, 0.2) is 24.5 Å². The van der Waals surface area contributed by atoms with Crippen LogP contribution >= 0.6 is 0 Å². The zero-order chi connectivity index (χ0) is 10.1. The fraction of sp³-hybridized carbons (Fsp3) is 0.200. The second-order valence-electron chi connectivity index (χ2n) is 3.22. The number of aromatic amines is 1. The lowest BCUT2D eigenvalue weighted by Gasteiger charge is -2.07. The van der Waals surface area contributed by atoms with Crippen molar-refractivity contribution in [3.8, 4) is 0 Å². The summed E-state index contributed by atoms with van der Waals surface area (Å²) in [5.74, 6) is -0.0776. The Kier molecular flexibility index (Phi) is 2.05. The van der Waals surface area contributed by atoms with Gasteiger partial charge >= 0.3 is 0 Å². The van der Waals surface area contributed by atoms with Gasteiger partial charge in [0.25, 0.3) is 0 Å². The fourth-order valence-electron chi connectivity index (χ4n) is 1.45. The summed E-state index contributed by atoms with van der Waals surface area (Å²) in [4.78, 5) is 18.3. The molecule has 0 saturated heterocycles. The Labute approximate surface area is 81.1 Å². The summed E-state index contributed by atoms with van der Waals surface area (Å²) in [5, 5.41) is 0.912. The Morgan fingerprint density at radius 1 is 1.57 bits per heavy atom. The number of Topliss-reactive ketones (excluding diaryl/α,β-unsaturated/α-hetero) is 1. The molecule has 0 spiro atoms. The lowest BCUT2D eigenvalue weighted by atomic mass is 10.1. The first kappa shape index (κ1) is 8.90. The van der Waals surface area contributed by atoms with Gasteiger partial charge in [-0.15, -0.1) is 0 Å². The van der Waals surface area contributed by atoms with Crippen molar-refractivity contribution in [2.24, 2.45) is 5.73 Å². The number of nitrogens with zero attached hydrogens (tertiary/aromatic N) is 1. The summed E-state index contributed by atoms with van der Waals surface area (Å²) in [6, 6.07) is 3.10. The highest BCUT2D eigenvalue weighted by atomic mass is 16.1. The Balaban J connectivity index is 2.61. The molecule has 2 aromatic heterocycles. The van der Waals surface area contributed by atoms with Gasteiger partial charge in [-0.1, -0.05) is 0 Å².